The Balaban J connectivity index is 1.61. The minimum Gasteiger partial charge on any atom is -0.300 e. The molecule has 0 unspecified atom stereocenters. The minimum atomic E-state index is -0.108. The van der Waals surface area contributed by atoms with Gasteiger partial charge in [-0.15, -0.1) is 0 Å². The highest BCUT2D eigenvalue weighted by molar-refractivity contribution is 8.18. The van der Waals surface area contributed by atoms with E-state index < -0.39 is 0 Å². The normalized spacial score (nSPS) is 17.6. The predicted molar refractivity (Wildman–Crippen MR) is 101 cm³/mol. The number of benzene rings is 3. The summed E-state index contributed by atoms with van der Waals surface area (Å²) in [5, 5.41) is 5.74. The molecule has 116 valence electrons. The molecule has 3 aromatic rings. The van der Waals surface area contributed by atoms with E-state index in [-0.39, 0.29) is 5.91 Å². The standard InChI is InChI=1S/C20H14N2OS/c23-19-18(12-14-6-2-1-3-7-14)24-20(22-19)21-17-11-10-15-8-4-5-9-16(15)13-17/h1-13H,(H,21,22,23). The number of aliphatic imine (C=N–C) groups is 1. The van der Waals surface area contributed by atoms with Crippen LogP contribution in [0.1, 0.15) is 5.56 Å². The Bertz CT molecular complexity index is 977. The van der Waals surface area contributed by atoms with Gasteiger partial charge in [0, 0.05) is 0 Å². The number of rotatable bonds is 2. The number of hydrogen-bond acceptors (Lipinski definition) is 3. The van der Waals surface area contributed by atoms with Gasteiger partial charge in [-0.2, -0.15) is 0 Å². The molecule has 1 N–H and O–H groups in total. The van der Waals surface area contributed by atoms with Crippen molar-refractivity contribution in [3.8, 4) is 0 Å². The van der Waals surface area contributed by atoms with Crippen molar-refractivity contribution >= 4 is 45.4 Å². The fraction of sp³-hybridized carbons (Fsp3) is 0. The number of thioether (sulfide) groups is 1. The first-order chi connectivity index (χ1) is 11.8. The maximum Gasteiger partial charge on any atom is 0.264 e. The van der Waals surface area contributed by atoms with Crippen molar-refractivity contribution < 1.29 is 4.79 Å². The van der Waals surface area contributed by atoms with E-state index in [0.717, 1.165) is 16.6 Å². The zero-order valence-electron chi connectivity index (χ0n) is 12.8. The molecule has 0 bridgehead atoms. The smallest absolute Gasteiger partial charge is 0.264 e. The SMILES string of the molecule is O=C1NC(=Nc2ccc3ccccc3c2)SC1=Cc1ccccc1. The number of hydrogen-bond donors (Lipinski definition) is 1. The zero-order valence-corrected chi connectivity index (χ0v) is 13.6. The third-order valence-electron chi connectivity index (χ3n) is 3.71. The van der Waals surface area contributed by atoms with Crippen LogP contribution in [0.5, 0.6) is 0 Å². The van der Waals surface area contributed by atoms with Gasteiger partial charge in [-0.05, 0) is 46.3 Å². The topological polar surface area (TPSA) is 41.5 Å². The summed E-state index contributed by atoms with van der Waals surface area (Å²) in [4.78, 5) is 17.3. The van der Waals surface area contributed by atoms with Gasteiger partial charge in [0.25, 0.3) is 5.91 Å². The number of carbonyl (C=O) groups is 1. The summed E-state index contributed by atoms with van der Waals surface area (Å²) in [7, 11) is 0. The van der Waals surface area contributed by atoms with Crippen LogP contribution < -0.4 is 5.32 Å². The highest BCUT2D eigenvalue weighted by Gasteiger charge is 2.23. The van der Waals surface area contributed by atoms with E-state index in [2.05, 4.69) is 22.4 Å². The second kappa shape index (κ2) is 6.34. The summed E-state index contributed by atoms with van der Waals surface area (Å²) in [5.74, 6) is -0.108. The Morgan fingerprint density at radius 3 is 2.46 bits per heavy atom. The minimum absolute atomic E-state index is 0.108. The van der Waals surface area contributed by atoms with Crippen molar-refractivity contribution in [2.24, 2.45) is 4.99 Å². The molecule has 1 heterocycles. The van der Waals surface area contributed by atoms with Crippen LogP contribution in [-0.4, -0.2) is 11.1 Å². The van der Waals surface area contributed by atoms with Crippen molar-refractivity contribution in [2.45, 2.75) is 0 Å². The van der Waals surface area contributed by atoms with Crippen molar-refractivity contribution in [2.75, 3.05) is 0 Å². The van der Waals surface area contributed by atoms with Crippen LogP contribution >= 0.6 is 11.8 Å². The number of nitrogens with zero attached hydrogens (tertiary/aromatic N) is 1. The molecule has 0 radical (unpaired) electrons. The lowest BCUT2D eigenvalue weighted by Crippen LogP contribution is -2.19. The predicted octanol–water partition coefficient (Wildman–Crippen LogP) is 4.73. The van der Waals surface area contributed by atoms with Crippen LogP contribution in [0.2, 0.25) is 0 Å². The first-order valence-electron chi connectivity index (χ1n) is 7.61. The van der Waals surface area contributed by atoms with E-state index in [1.165, 1.54) is 17.1 Å². The third kappa shape index (κ3) is 3.09. The van der Waals surface area contributed by atoms with Gasteiger partial charge in [0.2, 0.25) is 0 Å². The van der Waals surface area contributed by atoms with E-state index in [9.17, 15) is 4.79 Å². The highest BCUT2D eigenvalue weighted by Crippen LogP contribution is 2.29. The molecule has 1 saturated heterocycles. The summed E-state index contributed by atoms with van der Waals surface area (Å²) in [5.41, 5.74) is 1.83. The van der Waals surface area contributed by atoms with Gasteiger partial charge in [0.1, 0.15) is 0 Å². The molecule has 24 heavy (non-hydrogen) atoms. The molecule has 0 aromatic heterocycles. The maximum absolute atomic E-state index is 12.1. The molecule has 0 aliphatic carbocycles. The van der Waals surface area contributed by atoms with E-state index in [0.29, 0.717) is 10.1 Å². The van der Waals surface area contributed by atoms with Crippen LogP contribution in [0.25, 0.3) is 16.8 Å². The molecular formula is C20H14N2OS. The maximum atomic E-state index is 12.1. The summed E-state index contributed by atoms with van der Waals surface area (Å²) in [6, 6.07) is 24.0. The van der Waals surface area contributed by atoms with Gasteiger partial charge < -0.3 is 5.32 Å². The van der Waals surface area contributed by atoms with E-state index in [1.54, 1.807) is 0 Å². The summed E-state index contributed by atoms with van der Waals surface area (Å²) in [6.07, 6.45) is 1.88. The fourth-order valence-corrected chi connectivity index (χ4v) is 3.39. The van der Waals surface area contributed by atoms with Gasteiger partial charge in [-0.25, -0.2) is 4.99 Å². The fourth-order valence-electron chi connectivity index (χ4n) is 2.54. The number of carbonyl (C=O) groups excluding carboxylic acids is 1. The molecule has 0 saturated carbocycles. The molecule has 3 nitrogen and oxygen atoms in total. The molecular weight excluding hydrogens is 316 g/mol. The lowest BCUT2D eigenvalue weighted by atomic mass is 10.1. The van der Waals surface area contributed by atoms with Crippen molar-refractivity contribution in [1.82, 2.24) is 5.32 Å². The molecule has 4 heteroatoms. The Labute approximate surface area is 144 Å². The van der Waals surface area contributed by atoms with Crippen LogP contribution in [0, 0.1) is 0 Å². The number of amidine groups is 1. The summed E-state index contributed by atoms with van der Waals surface area (Å²) < 4.78 is 0. The summed E-state index contributed by atoms with van der Waals surface area (Å²) in [6.45, 7) is 0. The third-order valence-corrected chi connectivity index (χ3v) is 4.62. The second-order valence-corrected chi connectivity index (χ2v) is 6.45. The van der Waals surface area contributed by atoms with Gasteiger partial charge >= 0.3 is 0 Å². The highest BCUT2D eigenvalue weighted by atomic mass is 32.2. The lowest BCUT2D eigenvalue weighted by molar-refractivity contribution is -0.115. The molecule has 1 fully saturated rings. The van der Waals surface area contributed by atoms with E-state index >= 15 is 0 Å². The number of nitrogens with one attached hydrogen (secondary N) is 1. The van der Waals surface area contributed by atoms with Gasteiger partial charge in [-0.3, -0.25) is 4.79 Å². The number of amides is 1. The Morgan fingerprint density at radius 2 is 1.62 bits per heavy atom. The van der Waals surface area contributed by atoms with Gasteiger partial charge in [0.05, 0.1) is 10.6 Å². The van der Waals surface area contributed by atoms with Crippen LogP contribution in [-0.2, 0) is 4.79 Å². The van der Waals surface area contributed by atoms with Crippen molar-refractivity contribution in [3.63, 3.8) is 0 Å². The van der Waals surface area contributed by atoms with Gasteiger partial charge in [0.15, 0.2) is 5.17 Å². The van der Waals surface area contributed by atoms with Crippen LogP contribution in [0.15, 0.2) is 82.7 Å². The molecule has 0 spiro atoms. The molecule has 1 amide bonds. The largest absolute Gasteiger partial charge is 0.300 e. The number of fused-ring (bicyclic) bond motifs is 1. The lowest BCUT2D eigenvalue weighted by Gasteiger charge is -2.00. The second-order valence-electron chi connectivity index (χ2n) is 5.42. The molecule has 1 aliphatic rings. The summed E-state index contributed by atoms with van der Waals surface area (Å²) >= 11 is 1.36. The van der Waals surface area contributed by atoms with Crippen molar-refractivity contribution in [3.05, 3.63) is 83.3 Å². The van der Waals surface area contributed by atoms with Gasteiger partial charge in [-0.1, -0.05) is 60.7 Å². The Morgan fingerprint density at radius 1 is 0.875 bits per heavy atom. The monoisotopic (exact) mass is 330 g/mol. The molecule has 1 aliphatic heterocycles. The van der Waals surface area contributed by atoms with Crippen LogP contribution in [0.3, 0.4) is 0 Å². The first-order valence-corrected chi connectivity index (χ1v) is 8.43. The average molecular weight is 330 g/mol. The van der Waals surface area contributed by atoms with E-state index in [4.69, 9.17) is 0 Å². The average Bonchev–Trinajstić information content (AvgIpc) is 2.95. The Kier molecular flexibility index (Phi) is 3.89. The van der Waals surface area contributed by atoms with Crippen molar-refractivity contribution in [1.29, 1.82) is 0 Å². The first kappa shape index (κ1) is 14.7. The molecule has 0 atom stereocenters. The zero-order chi connectivity index (χ0) is 16.4. The van der Waals surface area contributed by atoms with E-state index in [1.807, 2.05) is 66.7 Å². The quantitative estimate of drug-likeness (QED) is 0.690. The molecule has 4 rings (SSSR count). The van der Waals surface area contributed by atoms with Crippen LogP contribution in [0.4, 0.5) is 5.69 Å². The Hall–Kier alpha value is -2.85. The molecule has 3 aromatic carbocycles.